The van der Waals surface area contributed by atoms with Crippen LogP contribution < -0.4 is 5.32 Å². The third-order valence-electron chi connectivity index (χ3n) is 4.21. The molecule has 1 aliphatic rings. The number of rotatable bonds is 2. The van der Waals surface area contributed by atoms with Crippen molar-refractivity contribution in [3.05, 3.63) is 29.6 Å². The molecular weight excluding hydrogens is 236 g/mol. The average Bonchev–Trinajstić information content (AvgIpc) is 2.78. The lowest BCUT2D eigenvalue weighted by atomic mass is 9.91. The molecule has 4 heteroatoms. The van der Waals surface area contributed by atoms with E-state index in [1.54, 1.807) is 0 Å². The number of benzene rings is 1. The maximum Gasteiger partial charge on any atom is 0.104 e. The second-order valence-corrected chi connectivity index (χ2v) is 5.85. The first-order chi connectivity index (χ1) is 9.07. The molecule has 1 fully saturated rings. The predicted molar refractivity (Wildman–Crippen MR) is 78.3 cm³/mol. The first-order valence-corrected chi connectivity index (χ1v) is 7.00. The van der Waals surface area contributed by atoms with Crippen molar-refractivity contribution in [3.8, 4) is 0 Å². The zero-order chi connectivity index (χ0) is 13.5. The Morgan fingerprint density at radius 3 is 2.68 bits per heavy atom. The molecule has 4 nitrogen and oxygen atoms in total. The van der Waals surface area contributed by atoms with Gasteiger partial charge in [0.15, 0.2) is 0 Å². The zero-order valence-electron chi connectivity index (χ0n) is 12.0. The number of fused-ring (bicyclic) bond motifs is 1. The first-order valence-electron chi connectivity index (χ1n) is 7.00. The number of nitrogens with zero attached hydrogens (tertiary/aromatic N) is 2. The van der Waals surface area contributed by atoms with Gasteiger partial charge in [0.05, 0.1) is 11.0 Å². The Kier molecular flexibility index (Phi) is 3.07. The van der Waals surface area contributed by atoms with Gasteiger partial charge in [0.25, 0.3) is 0 Å². The van der Waals surface area contributed by atoms with Gasteiger partial charge >= 0.3 is 0 Å². The van der Waals surface area contributed by atoms with Gasteiger partial charge in [-0.05, 0) is 38.5 Å². The van der Waals surface area contributed by atoms with Crippen LogP contribution in [-0.4, -0.2) is 41.0 Å². The number of imidazole rings is 1. The Bertz CT molecular complexity index is 579. The summed E-state index contributed by atoms with van der Waals surface area (Å²) in [6.45, 7) is 11.0. The van der Waals surface area contributed by atoms with Crippen molar-refractivity contribution in [3.63, 3.8) is 0 Å². The molecule has 1 aliphatic heterocycles. The summed E-state index contributed by atoms with van der Waals surface area (Å²) in [5.41, 5.74) is 3.61. The molecule has 0 atom stereocenters. The topological polar surface area (TPSA) is 44.0 Å². The number of hydrogen-bond donors (Lipinski definition) is 2. The molecule has 102 valence electrons. The SMILES string of the molecule is Cc1nc2ccc(C(C)(C)N3CCNCC3)cc2[nH]1. The van der Waals surface area contributed by atoms with Crippen LogP contribution >= 0.6 is 0 Å². The summed E-state index contributed by atoms with van der Waals surface area (Å²) in [7, 11) is 0. The molecule has 0 bridgehead atoms. The Morgan fingerprint density at radius 2 is 1.95 bits per heavy atom. The summed E-state index contributed by atoms with van der Waals surface area (Å²) in [5, 5.41) is 3.41. The number of H-pyrrole nitrogens is 1. The first kappa shape index (κ1) is 12.6. The van der Waals surface area contributed by atoms with Crippen LogP contribution in [0.4, 0.5) is 0 Å². The molecule has 0 amide bonds. The third-order valence-corrected chi connectivity index (χ3v) is 4.21. The summed E-state index contributed by atoms with van der Waals surface area (Å²) < 4.78 is 0. The van der Waals surface area contributed by atoms with Crippen LogP contribution in [-0.2, 0) is 5.54 Å². The van der Waals surface area contributed by atoms with Gasteiger partial charge < -0.3 is 10.3 Å². The second kappa shape index (κ2) is 4.62. The fourth-order valence-electron chi connectivity index (χ4n) is 2.92. The van der Waals surface area contributed by atoms with Crippen LogP contribution in [0.5, 0.6) is 0 Å². The molecule has 0 aliphatic carbocycles. The molecule has 19 heavy (non-hydrogen) atoms. The van der Waals surface area contributed by atoms with E-state index in [2.05, 4.69) is 52.2 Å². The van der Waals surface area contributed by atoms with Crippen molar-refractivity contribution in [2.45, 2.75) is 26.3 Å². The van der Waals surface area contributed by atoms with E-state index >= 15 is 0 Å². The Balaban J connectivity index is 1.96. The highest BCUT2D eigenvalue weighted by Crippen LogP contribution is 2.29. The standard InChI is InChI=1S/C15H22N4/c1-11-17-13-5-4-12(10-14(13)18-11)15(2,3)19-8-6-16-7-9-19/h4-5,10,16H,6-9H2,1-3H3,(H,17,18). The van der Waals surface area contributed by atoms with E-state index in [1.807, 2.05) is 6.92 Å². The van der Waals surface area contributed by atoms with Crippen LogP contribution in [0.3, 0.4) is 0 Å². The number of nitrogens with one attached hydrogen (secondary N) is 2. The lowest BCUT2D eigenvalue weighted by Gasteiger charge is -2.41. The highest BCUT2D eigenvalue weighted by Gasteiger charge is 2.29. The van der Waals surface area contributed by atoms with Gasteiger partial charge in [0.2, 0.25) is 0 Å². The van der Waals surface area contributed by atoms with Gasteiger partial charge in [-0.1, -0.05) is 6.07 Å². The van der Waals surface area contributed by atoms with E-state index in [9.17, 15) is 0 Å². The van der Waals surface area contributed by atoms with Crippen LogP contribution in [0.15, 0.2) is 18.2 Å². The highest BCUT2D eigenvalue weighted by molar-refractivity contribution is 5.76. The summed E-state index contributed by atoms with van der Waals surface area (Å²) in [5.74, 6) is 0.979. The van der Waals surface area contributed by atoms with E-state index in [0.29, 0.717) is 0 Å². The molecule has 1 saturated heterocycles. The van der Waals surface area contributed by atoms with Gasteiger partial charge in [-0.3, -0.25) is 4.90 Å². The Hall–Kier alpha value is -1.39. The maximum absolute atomic E-state index is 4.47. The van der Waals surface area contributed by atoms with Crippen LogP contribution in [0.1, 0.15) is 25.2 Å². The molecule has 2 heterocycles. The van der Waals surface area contributed by atoms with Crippen molar-refractivity contribution >= 4 is 11.0 Å². The number of piperazine rings is 1. The summed E-state index contributed by atoms with van der Waals surface area (Å²) in [6, 6.07) is 6.58. The summed E-state index contributed by atoms with van der Waals surface area (Å²) in [6.07, 6.45) is 0. The van der Waals surface area contributed by atoms with Crippen LogP contribution in [0.2, 0.25) is 0 Å². The molecule has 0 unspecified atom stereocenters. The quantitative estimate of drug-likeness (QED) is 0.866. The van der Waals surface area contributed by atoms with Crippen molar-refractivity contribution in [2.75, 3.05) is 26.2 Å². The Labute approximate surface area is 114 Å². The van der Waals surface area contributed by atoms with Gasteiger partial charge in [-0.15, -0.1) is 0 Å². The molecule has 1 aromatic heterocycles. The van der Waals surface area contributed by atoms with Gasteiger partial charge in [0, 0.05) is 31.7 Å². The molecular formula is C15H22N4. The largest absolute Gasteiger partial charge is 0.342 e. The van der Waals surface area contributed by atoms with Crippen molar-refractivity contribution in [1.29, 1.82) is 0 Å². The second-order valence-electron chi connectivity index (χ2n) is 5.85. The molecule has 2 aromatic rings. The smallest absolute Gasteiger partial charge is 0.104 e. The number of aromatic amines is 1. The van der Waals surface area contributed by atoms with Gasteiger partial charge in [-0.25, -0.2) is 4.98 Å². The maximum atomic E-state index is 4.47. The summed E-state index contributed by atoms with van der Waals surface area (Å²) in [4.78, 5) is 10.4. The van der Waals surface area contributed by atoms with Crippen LogP contribution in [0, 0.1) is 6.92 Å². The highest BCUT2D eigenvalue weighted by atomic mass is 15.2. The molecule has 1 aromatic carbocycles. The lowest BCUT2D eigenvalue weighted by molar-refractivity contribution is 0.103. The van der Waals surface area contributed by atoms with Crippen LogP contribution in [0.25, 0.3) is 11.0 Å². The van der Waals surface area contributed by atoms with Gasteiger partial charge in [-0.2, -0.15) is 0 Å². The third kappa shape index (κ3) is 2.26. The number of aryl methyl sites for hydroxylation is 1. The van der Waals surface area contributed by atoms with Crippen molar-refractivity contribution in [2.24, 2.45) is 0 Å². The van der Waals surface area contributed by atoms with E-state index < -0.39 is 0 Å². The van der Waals surface area contributed by atoms with Crippen molar-refractivity contribution in [1.82, 2.24) is 20.2 Å². The fraction of sp³-hybridized carbons (Fsp3) is 0.533. The minimum atomic E-state index is 0.0648. The Morgan fingerprint density at radius 1 is 1.21 bits per heavy atom. The average molecular weight is 258 g/mol. The normalized spacial score (nSPS) is 18.1. The molecule has 0 spiro atoms. The van der Waals surface area contributed by atoms with Crippen molar-refractivity contribution < 1.29 is 0 Å². The fourth-order valence-corrected chi connectivity index (χ4v) is 2.92. The number of aromatic nitrogens is 2. The zero-order valence-corrected chi connectivity index (χ0v) is 12.0. The minimum absolute atomic E-state index is 0.0648. The van der Waals surface area contributed by atoms with E-state index in [4.69, 9.17) is 0 Å². The molecule has 0 radical (unpaired) electrons. The lowest BCUT2D eigenvalue weighted by Crippen LogP contribution is -2.51. The molecule has 2 N–H and O–H groups in total. The van der Waals surface area contributed by atoms with E-state index in [0.717, 1.165) is 43.0 Å². The monoisotopic (exact) mass is 258 g/mol. The summed E-state index contributed by atoms with van der Waals surface area (Å²) >= 11 is 0. The molecule has 0 saturated carbocycles. The van der Waals surface area contributed by atoms with E-state index in [-0.39, 0.29) is 5.54 Å². The molecule has 3 rings (SSSR count). The minimum Gasteiger partial charge on any atom is -0.342 e. The number of hydrogen-bond acceptors (Lipinski definition) is 3. The van der Waals surface area contributed by atoms with Gasteiger partial charge in [0.1, 0.15) is 5.82 Å². The van der Waals surface area contributed by atoms with E-state index in [1.165, 1.54) is 5.56 Å². The predicted octanol–water partition coefficient (Wildman–Crippen LogP) is 2.01.